The van der Waals surface area contributed by atoms with Crippen LogP contribution in [0.1, 0.15) is 35.4 Å². The number of azo groups is 1. The SMILES string of the molecule is CN(C)c1ccc(N=Nc2ccc(N3C(=O)[C@H]4[C@H](CC=C5[C@H]4C[C@H]4C(=O)C(c6ccccc6)=CC(=O)[C@@]4(c4ccccc4)[C@H]5c4cccc(F)c4O)C3=O)cc2)cc1. The van der Waals surface area contributed by atoms with Gasteiger partial charge in [-0.1, -0.05) is 84.4 Å². The number of nitrogens with zero attached hydrogens (tertiary/aromatic N) is 4. The highest BCUT2D eigenvalue weighted by Crippen LogP contribution is 2.64. The number of fused-ring (bicyclic) bond motifs is 4. The highest BCUT2D eigenvalue weighted by atomic mass is 19.1. The molecule has 5 aromatic rings. The predicted molar refractivity (Wildman–Crippen MR) is 219 cm³/mol. The lowest BCUT2D eigenvalue weighted by Crippen LogP contribution is -2.58. The van der Waals surface area contributed by atoms with Crippen LogP contribution < -0.4 is 9.80 Å². The maximum atomic E-state index is 15.4. The largest absolute Gasteiger partial charge is 0.505 e. The van der Waals surface area contributed by atoms with Crippen LogP contribution in [-0.4, -0.2) is 42.6 Å². The molecule has 4 aliphatic rings. The molecule has 3 aliphatic carbocycles. The molecule has 58 heavy (non-hydrogen) atoms. The molecule has 1 heterocycles. The molecule has 0 spiro atoms. The first-order valence-electron chi connectivity index (χ1n) is 19.3. The van der Waals surface area contributed by atoms with E-state index in [2.05, 4.69) is 10.2 Å². The minimum atomic E-state index is -1.58. The Balaban J connectivity index is 1.12. The summed E-state index contributed by atoms with van der Waals surface area (Å²) in [6.45, 7) is 0. The molecule has 10 heteroatoms. The van der Waals surface area contributed by atoms with E-state index in [9.17, 15) is 14.7 Å². The number of para-hydroxylation sites is 1. The lowest BCUT2D eigenvalue weighted by molar-refractivity contribution is -0.135. The fourth-order valence-corrected chi connectivity index (χ4v) is 9.84. The van der Waals surface area contributed by atoms with Crippen molar-refractivity contribution in [3.8, 4) is 5.75 Å². The highest BCUT2D eigenvalue weighted by Gasteiger charge is 2.66. The van der Waals surface area contributed by atoms with Crippen molar-refractivity contribution in [3.05, 3.63) is 168 Å². The van der Waals surface area contributed by atoms with E-state index in [0.717, 1.165) is 11.8 Å². The Morgan fingerprint density at radius 3 is 2.03 bits per heavy atom. The second kappa shape index (κ2) is 14.3. The Morgan fingerprint density at radius 1 is 0.741 bits per heavy atom. The van der Waals surface area contributed by atoms with Gasteiger partial charge in [-0.3, -0.25) is 24.1 Å². The van der Waals surface area contributed by atoms with Gasteiger partial charge >= 0.3 is 0 Å². The van der Waals surface area contributed by atoms with Crippen molar-refractivity contribution in [2.45, 2.75) is 24.2 Å². The average molecular weight is 771 g/mol. The standard InChI is InChI=1S/C48H39FN4O5/c1-52(2)32-20-16-30(17-21-32)50-51-31-18-22-33(23-19-31)53-46(57)35-25-24-34-38(42(35)47(53)58)26-39-44(55)37(28-10-5-3-6-11-28)27-41(54)48(39,29-12-7-4-8-13-29)43(34)36-14-9-15-40(49)45(36)56/h3-24,27,35,38-39,42-43,56H,25-26H2,1-2H3/t35-,38+,39-,42-,43+,48-/m0/s1. The number of imide groups is 1. The topological polar surface area (TPSA) is 120 Å². The number of amides is 2. The van der Waals surface area contributed by atoms with Crippen molar-refractivity contribution in [1.82, 2.24) is 0 Å². The fourth-order valence-electron chi connectivity index (χ4n) is 9.84. The Morgan fingerprint density at radius 2 is 1.38 bits per heavy atom. The van der Waals surface area contributed by atoms with Crippen molar-refractivity contribution >= 4 is 51.7 Å². The number of carbonyl (C=O) groups is 4. The number of hydrogen-bond acceptors (Lipinski definition) is 8. The third kappa shape index (κ3) is 5.73. The number of allylic oxidation sites excluding steroid dienone is 4. The van der Waals surface area contributed by atoms with E-state index in [1.54, 1.807) is 78.9 Å². The van der Waals surface area contributed by atoms with E-state index >= 15 is 14.0 Å². The Labute approximate surface area is 334 Å². The first-order valence-corrected chi connectivity index (χ1v) is 19.3. The van der Waals surface area contributed by atoms with Crippen molar-refractivity contribution < 1.29 is 28.7 Å². The van der Waals surface area contributed by atoms with Crippen LogP contribution in [0.15, 0.2) is 155 Å². The third-order valence-corrected chi connectivity index (χ3v) is 12.5. The molecule has 9 nitrogen and oxygen atoms in total. The summed E-state index contributed by atoms with van der Waals surface area (Å²) in [6, 6.07) is 36.5. The van der Waals surface area contributed by atoms with Gasteiger partial charge in [0, 0.05) is 42.8 Å². The van der Waals surface area contributed by atoms with E-state index in [0.29, 0.717) is 33.8 Å². The summed E-state index contributed by atoms with van der Waals surface area (Å²) in [5, 5.41) is 20.1. The quantitative estimate of drug-likeness (QED) is 0.100. The molecular weight excluding hydrogens is 732 g/mol. The van der Waals surface area contributed by atoms with Gasteiger partial charge in [-0.25, -0.2) is 4.39 Å². The summed E-state index contributed by atoms with van der Waals surface area (Å²) in [7, 11) is 3.91. The molecule has 5 aromatic carbocycles. The Kier molecular flexibility index (Phi) is 9.07. The second-order valence-electron chi connectivity index (χ2n) is 15.6. The number of Topliss-reactive ketones (excluding diaryl/α,β-unsaturated/α-hetero) is 1. The molecule has 288 valence electrons. The molecule has 0 radical (unpaired) electrons. The Hall–Kier alpha value is -6.81. The summed E-state index contributed by atoms with van der Waals surface area (Å²) in [5.74, 6) is -7.21. The number of aromatic hydroxyl groups is 1. The predicted octanol–water partition coefficient (Wildman–Crippen LogP) is 9.04. The van der Waals surface area contributed by atoms with E-state index < -0.39 is 52.5 Å². The van der Waals surface area contributed by atoms with Crippen LogP contribution in [-0.2, 0) is 24.6 Å². The first-order chi connectivity index (χ1) is 28.1. The lowest BCUT2D eigenvalue weighted by atomic mass is 9.44. The Bertz CT molecular complexity index is 2570. The van der Waals surface area contributed by atoms with Gasteiger partial charge in [-0.05, 0) is 90.6 Å². The zero-order chi connectivity index (χ0) is 40.3. The maximum Gasteiger partial charge on any atom is 0.238 e. The number of anilines is 2. The van der Waals surface area contributed by atoms with Crippen LogP contribution >= 0.6 is 0 Å². The highest BCUT2D eigenvalue weighted by molar-refractivity contribution is 6.32. The summed E-state index contributed by atoms with van der Waals surface area (Å²) in [4.78, 5) is 62.4. The van der Waals surface area contributed by atoms with Gasteiger partial charge in [0.2, 0.25) is 11.8 Å². The molecule has 1 aliphatic heterocycles. The summed E-state index contributed by atoms with van der Waals surface area (Å²) < 4.78 is 15.4. The fraction of sp³-hybridized carbons (Fsp3) is 0.208. The van der Waals surface area contributed by atoms with E-state index in [1.807, 2.05) is 61.5 Å². The van der Waals surface area contributed by atoms with Crippen LogP contribution in [0.3, 0.4) is 0 Å². The van der Waals surface area contributed by atoms with Crippen LogP contribution in [0.2, 0.25) is 0 Å². The lowest BCUT2D eigenvalue weighted by Gasteiger charge is -2.55. The molecular formula is C48H39FN4O5. The van der Waals surface area contributed by atoms with Crippen LogP contribution in [0.5, 0.6) is 5.75 Å². The molecule has 1 saturated heterocycles. The molecule has 0 unspecified atom stereocenters. The van der Waals surface area contributed by atoms with Gasteiger partial charge in [0.05, 0.1) is 34.3 Å². The third-order valence-electron chi connectivity index (χ3n) is 12.5. The van der Waals surface area contributed by atoms with Crippen LogP contribution in [0, 0.1) is 29.5 Å². The number of ketones is 2. The van der Waals surface area contributed by atoms with Gasteiger partial charge in [0.25, 0.3) is 0 Å². The van der Waals surface area contributed by atoms with Gasteiger partial charge in [-0.15, -0.1) is 0 Å². The minimum absolute atomic E-state index is 0.0882. The van der Waals surface area contributed by atoms with Gasteiger partial charge in [0.15, 0.2) is 23.1 Å². The number of benzene rings is 5. The number of hydrogen-bond donors (Lipinski definition) is 1. The van der Waals surface area contributed by atoms with E-state index in [1.165, 1.54) is 17.0 Å². The first kappa shape index (κ1) is 36.8. The summed E-state index contributed by atoms with van der Waals surface area (Å²) in [5.41, 5.74) is 3.21. The molecule has 2 fully saturated rings. The van der Waals surface area contributed by atoms with Crippen LogP contribution in [0.25, 0.3) is 5.57 Å². The summed E-state index contributed by atoms with van der Waals surface area (Å²) >= 11 is 0. The molecule has 1 N–H and O–H groups in total. The van der Waals surface area contributed by atoms with E-state index in [4.69, 9.17) is 0 Å². The van der Waals surface area contributed by atoms with Gasteiger partial charge < -0.3 is 10.0 Å². The molecule has 9 rings (SSSR count). The molecule has 1 saturated carbocycles. The smallest absolute Gasteiger partial charge is 0.238 e. The zero-order valence-electron chi connectivity index (χ0n) is 31.8. The molecule has 0 aromatic heterocycles. The van der Waals surface area contributed by atoms with Crippen molar-refractivity contribution in [2.24, 2.45) is 33.9 Å². The van der Waals surface area contributed by atoms with Crippen molar-refractivity contribution in [1.29, 1.82) is 0 Å². The monoisotopic (exact) mass is 770 g/mol. The number of rotatable bonds is 7. The van der Waals surface area contributed by atoms with Crippen LogP contribution in [0.4, 0.5) is 27.1 Å². The number of halogens is 1. The number of carbonyl (C=O) groups excluding carboxylic acids is 4. The number of phenolic OH excluding ortho intramolecular Hbond substituents is 1. The minimum Gasteiger partial charge on any atom is -0.505 e. The molecule has 6 atom stereocenters. The van der Waals surface area contributed by atoms with Crippen molar-refractivity contribution in [2.75, 3.05) is 23.9 Å². The number of phenols is 1. The van der Waals surface area contributed by atoms with Crippen molar-refractivity contribution in [3.63, 3.8) is 0 Å². The normalized spacial score (nSPS) is 25.2. The molecule has 0 bridgehead atoms. The molecule has 2 amide bonds. The second-order valence-corrected chi connectivity index (χ2v) is 15.6. The zero-order valence-corrected chi connectivity index (χ0v) is 31.8. The van der Waals surface area contributed by atoms with Gasteiger partial charge in [-0.2, -0.15) is 10.2 Å². The maximum absolute atomic E-state index is 15.4. The van der Waals surface area contributed by atoms with E-state index in [-0.39, 0.29) is 41.5 Å². The van der Waals surface area contributed by atoms with Gasteiger partial charge in [0.1, 0.15) is 0 Å². The average Bonchev–Trinajstić information content (AvgIpc) is 3.51. The summed E-state index contributed by atoms with van der Waals surface area (Å²) in [6.07, 6.45) is 3.56.